The van der Waals surface area contributed by atoms with Crippen molar-refractivity contribution in [2.45, 2.75) is 19.8 Å². The predicted molar refractivity (Wildman–Crippen MR) is 79.6 cm³/mol. The number of aryl methyl sites for hydroxylation is 2. The van der Waals surface area contributed by atoms with E-state index in [1.807, 2.05) is 42.2 Å². The topological polar surface area (TPSA) is 33.5 Å². The summed E-state index contributed by atoms with van der Waals surface area (Å²) in [5.41, 5.74) is 2.28. The number of para-hydroxylation sites is 1. The number of benzene rings is 1. The number of anilines is 1. The van der Waals surface area contributed by atoms with Gasteiger partial charge in [-0.1, -0.05) is 18.2 Å². The lowest BCUT2D eigenvalue weighted by atomic mass is 10.0. The third-order valence-electron chi connectivity index (χ3n) is 3.53. The van der Waals surface area contributed by atoms with Crippen LogP contribution in [0.25, 0.3) is 6.08 Å². The molecule has 1 aliphatic rings. The lowest BCUT2D eigenvalue weighted by Gasteiger charge is -2.28. The lowest BCUT2D eigenvalue weighted by molar-refractivity contribution is -0.114. The molecule has 0 N–H and O–H groups in total. The number of fused-ring (bicyclic) bond motifs is 1. The average molecular weight is 267 g/mol. The molecule has 1 aromatic carbocycles. The van der Waals surface area contributed by atoms with Gasteiger partial charge in [0, 0.05) is 18.3 Å². The SMILES string of the molecule is Cc1ccc(C=CC(=O)N2CCCc3ccccc32)o1. The maximum atomic E-state index is 12.3. The van der Waals surface area contributed by atoms with Crippen molar-refractivity contribution in [3.8, 4) is 0 Å². The van der Waals surface area contributed by atoms with Crippen molar-refractivity contribution in [3.05, 3.63) is 59.6 Å². The second kappa shape index (κ2) is 5.37. The molecule has 1 aliphatic heterocycles. The summed E-state index contributed by atoms with van der Waals surface area (Å²) in [6.07, 6.45) is 5.37. The predicted octanol–water partition coefficient (Wildman–Crippen LogP) is 3.58. The molecule has 0 atom stereocenters. The molecule has 1 amide bonds. The van der Waals surface area contributed by atoms with Crippen LogP contribution >= 0.6 is 0 Å². The van der Waals surface area contributed by atoms with Crippen molar-refractivity contribution in [1.29, 1.82) is 0 Å². The van der Waals surface area contributed by atoms with Crippen LogP contribution in [0.5, 0.6) is 0 Å². The summed E-state index contributed by atoms with van der Waals surface area (Å²) >= 11 is 0. The lowest BCUT2D eigenvalue weighted by Crippen LogP contribution is -2.34. The van der Waals surface area contributed by atoms with Gasteiger partial charge in [-0.15, -0.1) is 0 Å². The number of hydrogen-bond donors (Lipinski definition) is 0. The fraction of sp³-hybridized carbons (Fsp3) is 0.235. The fourth-order valence-electron chi connectivity index (χ4n) is 2.55. The van der Waals surface area contributed by atoms with Gasteiger partial charge in [-0.3, -0.25) is 4.79 Å². The van der Waals surface area contributed by atoms with E-state index in [0.29, 0.717) is 5.76 Å². The molecule has 0 saturated heterocycles. The smallest absolute Gasteiger partial charge is 0.251 e. The molecule has 3 nitrogen and oxygen atoms in total. The molecule has 102 valence electrons. The number of amides is 1. The molecule has 0 radical (unpaired) electrons. The van der Waals surface area contributed by atoms with E-state index in [1.54, 1.807) is 12.2 Å². The van der Waals surface area contributed by atoms with Crippen LogP contribution in [0.2, 0.25) is 0 Å². The van der Waals surface area contributed by atoms with E-state index in [4.69, 9.17) is 4.42 Å². The van der Waals surface area contributed by atoms with Gasteiger partial charge in [-0.25, -0.2) is 0 Å². The van der Waals surface area contributed by atoms with Crippen molar-refractivity contribution in [2.24, 2.45) is 0 Å². The molecule has 3 heteroatoms. The van der Waals surface area contributed by atoms with Crippen molar-refractivity contribution >= 4 is 17.7 Å². The Morgan fingerprint density at radius 2 is 2.10 bits per heavy atom. The minimum Gasteiger partial charge on any atom is -0.462 e. The molecule has 0 unspecified atom stereocenters. The van der Waals surface area contributed by atoms with Crippen molar-refractivity contribution in [2.75, 3.05) is 11.4 Å². The summed E-state index contributed by atoms with van der Waals surface area (Å²) in [5.74, 6) is 1.56. The molecule has 0 spiro atoms. The summed E-state index contributed by atoms with van der Waals surface area (Å²) in [4.78, 5) is 14.2. The van der Waals surface area contributed by atoms with E-state index in [9.17, 15) is 4.79 Å². The number of carbonyl (C=O) groups excluding carboxylic acids is 1. The highest BCUT2D eigenvalue weighted by molar-refractivity contribution is 6.04. The number of furan rings is 1. The van der Waals surface area contributed by atoms with Gasteiger partial charge in [0.25, 0.3) is 5.91 Å². The van der Waals surface area contributed by atoms with E-state index in [2.05, 4.69) is 6.07 Å². The average Bonchev–Trinajstić information content (AvgIpc) is 2.90. The van der Waals surface area contributed by atoms with Gasteiger partial charge in [0.15, 0.2) is 0 Å². The van der Waals surface area contributed by atoms with Crippen LogP contribution in [0.15, 0.2) is 46.9 Å². The van der Waals surface area contributed by atoms with Gasteiger partial charge in [0.2, 0.25) is 0 Å². The molecule has 20 heavy (non-hydrogen) atoms. The molecule has 0 saturated carbocycles. The highest BCUT2D eigenvalue weighted by Gasteiger charge is 2.20. The summed E-state index contributed by atoms with van der Waals surface area (Å²) in [5, 5.41) is 0. The molecular formula is C17H17NO2. The van der Waals surface area contributed by atoms with E-state index in [0.717, 1.165) is 30.8 Å². The van der Waals surface area contributed by atoms with Crippen LogP contribution in [0.4, 0.5) is 5.69 Å². The Labute approximate surface area is 118 Å². The third kappa shape index (κ3) is 2.52. The minimum atomic E-state index is 0.00574. The van der Waals surface area contributed by atoms with E-state index >= 15 is 0 Å². The number of rotatable bonds is 2. The van der Waals surface area contributed by atoms with Crippen LogP contribution in [0.1, 0.15) is 23.5 Å². The molecule has 1 aromatic heterocycles. The molecule has 0 fully saturated rings. The van der Waals surface area contributed by atoms with Crippen molar-refractivity contribution in [1.82, 2.24) is 0 Å². The number of nitrogens with zero attached hydrogens (tertiary/aromatic N) is 1. The second-order valence-electron chi connectivity index (χ2n) is 5.00. The Hall–Kier alpha value is -2.29. The molecular weight excluding hydrogens is 250 g/mol. The Morgan fingerprint density at radius 1 is 1.25 bits per heavy atom. The highest BCUT2D eigenvalue weighted by atomic mass is 16.3. The van der Waals surface area contributed by atoms with Gasteiger partial charge >= 0.3 is 0 Å². The van der Waals surface area contributed by atoms with Crippen LogP contribution in [-0.2, 0) is 11.2 Å². The van der Waals surface area contributed by atoms with Crippen LogP contribution in [0.3, 0.4) is 0 Å². The quantitative estimate of drug-likeness (QED) is 0.779. The summed E-state index contributed by atoms with van der Waals surface area (Å²) in [6, 6.07) is 11.9. The second-order valence-corrected chi connectivity index (χ2v) is 5.00. The molecule has 0 bridgehead atoms. The van der Waals surface area contributed by atoms with Gasteiger partial charge in [0.05, 0.1) is 0 Å². The maximum absolute atomic E-state index is 12.3. The maximum Gasteiger partial charge on any atom is 0.251 e. The van der Waals surface area contributed by atoms with E-state index in [1.165, 1.54) is 5.56 Å². The Bertz CT molecular complexity index is 655. The molecule has 2 heterocycles. The van der Waals surface area contributed by atoms with Crippen molar-refractivity contribution in [3.63, 3.8) is 0 Å². The van der Waals surface area contributed by atoms with Gasteiger partial charge in [-0.05, 0) is 49.6 Å². The Morgan fingerprint density at radius 3 is 2.90 bits per heavy atom. The minimum absolute atomic E-state index is 0.00574. The van der Waals surface area contributed by atoms with E-state index < -0.39 is 0 Å². The summed E-state index contributed by atoms with van der Waals surface area (Å²) in [7, 11) is 0. The van der Waals surface area contributed by atoms with E-state index in [-0.39, 0.29) is 5.91 Å². The standard InChI is InChI=1S/C17H17NO2/c1-13-8-9-15(20-13)10-11-17(19)18-12-4-6-14-5-2-3-7-16(14)18/h2-3,5,7-11H,4,6,12H2,1H3. The zero-order chi connectivity index (χ0) is 13.9. The molecule has 2 aromatic rings. The zero-order valence-electron chi connectivity index (χ0n) is 11.5. The first-order valence-electron chi connectivity index (χ1n) is 6.88. The molecule has 0 aliphatic carbocycles. The Kier molecular flexibility index (Phi) is 3.42. The monoisotopic (exact) mass is 267 g/mol. The van der Waals surface area contributed by atoms with Gasteiger partial charge in [-0.2, -0.15) is 0 Å². The normalized spacial score (nSPS) is 14.6. The number of hydrogen-bond acceptors (Lipinski definition) is 2. The first kappa shape index (κ1) is 12.7. The fourth-order valence-corrected chi connectivity index (χ4v) is 2.55. The van der Waals surface area contributed by atoms with Gasteiger partial charge < -0.3 is 9.32 Å². The largest absolute Gasteiger partial charge is 0.462 e. The first-order chi connectivity index (χ1) is 9.74. The van der Waals surface area contributed by atoms with Crippen LogP contribution < -0.4 is 4.90 Å². The van der Waals surface area contributed by atoms with Crippen molar-refractivity contribution < 1.29 is 9.21 Å². The van der Waals surface area contributed by atoms with Crippen LogP contribution in [0, 0.1) is 6.92 Å². The highest BCUT2D eigenvalue weighted by Crippen LogP contribution is 2.26. The first-order valence-corrected chi connectivity index (χ1v) is 6.88. The van der Waals surface area contributed by atoms with Gasteiger partial charge in [0.1, 0.15) is 11.5 Å². The zero-order valence-corrected chi connectivity index (χ0v) is 11.5. The Balaban J connectivity index is 1.80. The summed E-state index contributed by atoms with van der Waals surface area (Å²) in [6.45, 7) is 2.66. The van der Waals surface area contributed by atoms with Crippen LogP contribution in [-0.4, -0.2) is 12.5 Å². The third-order valence-corrected chi connectivity index (χ3v) is 3.53. The number of carbonyl (C=O) groups is 1. The molecule has 3 rings (SSSR count). The summed E-state index contributed by atoms with van der Waals surface area (Å²) < 4.78 is 5.43.